The van der Waals surface area contributed by atoms with Crippen molar-refractivity contribution in [3.05, 3.63) is 35.4 Å². The van der Waals surface area contributed by atoms with Crippen LogP contribution < -0.4 is 5.73 Å². The fourth-order valence-corrected chi connectivity index (χ4v) is 2.89. The molecule has 0 spiro atoms. The lowest BCUT2D eigenvalue weighted by atomic mass is 9.79. The average Bonchev–Trinajstić information content (AvgIpc) is 2.46. The minimum atomic E-state index is -0.708. The van der Waals surface area contributed by atoms with Gasteiger partial charge >= 0.3 is 0 Å². The van der Waals surface area contributed by atoms with E-state index >= 15 is 0 Å². The SMILES string of the molecule is C[C@H](CN)[C@@H](O)c1cccc(C2(O)CCCCC2)c1. The van der Waals surface area contributed by atoms with Crippen LogP contribution in [0, 0.1) is 5.92 Å². The molecule has 0 radical (unpaired) electrons. The molecule has 0 bridgehead atoms. The van der Waals surface area contributed by atoms with Gasteiger partial charge in [-0.15, -0.1) is 0 Å². The average molecular weight is 263 g/mol. The van der Waals surface area contributed by atoms with E-state index in [9.17, 15) is 10.2 Å². The molecule has 1 aromatic rings. The number of aliphatic hydroxyl groups excluding tert-OH is 1. The van der Waals surface area contributed by atoms with E-state index in [1.54, 1.807) is 0 Å². The fourth-order valence-electron chi connectivity index (χ4n) is 2.89. The molecule has 0 amide bonds. The molecule has 1 saturated carbocycles. The van der Waals surface area contributed by atoms with Crippen LogP contribution in [0.25, 0.3) is 0 Å². The molecule has 2 rings (SSSR count). The molecule has 0 aliphatic heterocycles. The predicted molar refractivity (Wildman–Crippen MR) is 76.6 cm³/mol. The van der Waals surface area contributed by atoms with E-state index in [-0.39, 0.29) is 5.92 Å². The molecule has 4 N–H and O–H groups in total. The smallest absolute Gasteiger partial charge is 0.0896 e. The summed E-state index contributed by atoms with van der Waals surface area (Å²) < 4.78 is 0. The number of benzene rings is 1. The number of rotatable bonds is 4. The van der Waals surface area contributed by atoms with Crippen LogP contribution in [-0.2, 0) is 5.60 Å². The highest BCUT2D eigenvalue weighted by Crippen LogP contribution is 2.38. The van der Waals surface area contributed by atoms with E-state index in [0.717, 1.165) is 36.8 Å². The molecular weight excluding hydrogens is 238 g/mol. The topological polar surface area (TPSA) is 66.5 Å². The molecule has 1 aromatic carbocycles. The van der Waals surface area contributed by atoms with E-state index in [0.29, 0.717) is 6.54 Å². The Labute approximate surface area is 115 Å². The van der Waals surface area contributed by atoms with Gasteiger partial charge in [-0.25, -0.2) is 0 Å². The summed E-state index contributed by atoms with van der Waals surface area (Å²) in [5.74, 6) is 0.0243. The Morgan fingerprint density at radius 1 is 1.26 bits per heavy atom. The van der Waals surface area contributed by atoms with Crippen molar-refractivity contribution in [2.75, 3.05) is 6.54 Å². The highest BCUT2D eigenvalue weighted by Gasteiger charge is 2.31. The summed E-state index contributed by atoms with van der Waals surface area (Å²) >= 11 is 0. The van der Waals surface area contributed by atoms with Crippen molar-refractivity contribution in [2.24, 2.45) is 11.7 Å². The van der Waals surface area contributed by atoms with E-state index in [4.69, 9.17) is 5.73 Å². The third-order valence-corrected chi connectivity index (χ3v) is 4.36. The van der Waals surface area contributed by atoms with Crippen molar-refractivity contribution in [3.63, 3.8) is 0 Å². The maximum absolute atomic E-state index is 10.7. The first kappa shape index (κ1) is 14.5. The molecule has 3 heteroatoms. The van der Waals surface area contributed by atoms with Gasteiger partial charge in [0.05, 0.1) is 11.7 Å². The Bertz CT molecular complexity index is 413. The van der Waals surface area contributed by atoms with Crippen LogP contribution in [0.2, 0.25) is 0 Å². The van der Waals surface area contributed by atoms with Crippen molar-refractivity contribution in [2.45, 2.75) is 50.7 Å². The normalized spacial score (nSPS) is 21.9. The van der Waals surface area contributed by atoms with Gasteiger partial charge in [-0.3, -0.25) is 0 Å². The molecule has 0 unspecified atom stereocenters. The van der Waals surface area contributed by atoms with Crippen LogP contribution in [0.15, 0.2) is 24.3 Å². The standard InChI is InChI=1S/C16H25NO2/c1-12(11-17)15(18)13-6-5-7-14(10-13)16(19)8-3-2-4-9-16/h5-7,10,12,15,18-19H,2-4,8-9,11,17H2,1H3/t12-,15-/m1/s1. The largest absolute Gasteiger partial charge is 0.388 e. The van der Waals surface area contributed by atoms with Gasteiger partial charge in [0.1, 0.15) is 0 Å². The molecule has 0 heterocycles. The molecule has 1 aliphatic rings. The summed E-state index contributed by atoms with van der Waals surface area (Å²) in [7, 11) is 0. The molecule has 3 nitrogen and oxygen atoms in total. The van der Waals surface area contributed by atoms with Gasteiger partial charge in [-0.05, 0) is 36.4 Å². The lowest BCUT2D eigenvalue weighted by molar-refractivity contribution is -0.000921. The molecule has 106 valence electrons. The lowest BCUT2D eigenvalue weighted by Crippen LogP contribution is -2.28. The fraction of sp³-hybridized carbons (Fsp3) is 0.625. The number of hydrogen-bond acceptors (Lipinski definition) is 3. The van der Waals surface area contributed by atoms with Gasteiger partial charge in [0.25, 0.3) is 0 Å². The van der Waals surface area contributed by atoms with Crippen molar-refractivity contribution in [3.8, 4) is 0 Å². The van der Waals surface area contributed by atoms with Crippen LogP contribution in [-0.4, -0.2) is 16.8 Å². The van der Waals surface area contributed by atoms with Crippen LogP contribution >= 0.6 is 0 Å². The Hall–Kier alpha value is -0.900. The number of aliphatic hydroxyl groups is 2. The zero-order valence-corrected chi connectivity index (χ0v) is 11.7. The zero-order valence-electron chi connectivity index (χ0n) is 11.7. The highest BCUT2D eigenvalue weighted by molar-refractivity contribution is 5.30. The lowest BCUT2D eigenvalue weighted by Gasteiger charge is -2.33. The minimum absolute atomic E-state index is 0.0243. The summed E-state index contributed by atoms with van der Waals surface area (Å²) in [5, 5.41) is 21.0. The van der Waals surface area contributed by atoms with E-state index in [2.05, 4.69) is 0 Å². The third-order valence-electron chi connectivity index (χ3n) is 4.36. The minimum Gasteiger partial charge on any atom is -0.388 e. The molecular formula is C16H25NO2. The monoisotopic (exact) mass is 263 g/mol. The van der Waals surface area contributed by atoms with Crippen LogP contribution in [0.4, 0.5) is 0 Å². The number of nitrogens with two attached hydrogens (primary N) is 1. The van der Waals surface area contributed by atoms with Gasteiger partial charge in [0, 0.05) is 0 Å². The predicted octanol–water partition coefficient (Wildman–Crippen LogP) is 2.47. The van der Waals surface area contributed by atoms with Crippen LogP contribution in [0.3, 0.4) is 0 Å². The Kier molecular flexibility index (Phi) is 4.61. The summed E-state index contributed by atoms with van der Waals surface area (Å²) in [4.78, 5) is 0. The van der Waals surface area contributed by atoms with Crippen molar-refractivity contribution in [1.29, 1.82) is 0 Å². The summed E-state index contributed by atoms with van der Waals surface area (Å²) in [6, 6.07) is 7.74. The Morgan fingerprint density at radius 2 is 1.95 bits per heavy atom. The Balaban J connectivity index is 2.23. The first-order chi connectivity index (χ1) is 9.07. The van der Waals surface area contributed by atoms with Gasteiger partial charge in [-0.1, -0.05) is 50.5 Å². The van der Waals surface area contributed by atoms with Crippen LogP contribution in [0.5, 0.6) is 0 Å². The van der Waals surface area contributed by atoms with Crippen molar-refractivity contribution in [1.82, 2.24) is 0 Å². The summed E-state index contributed by atoms with van der Waals surface area (Å²) in [6.45, 7) is 2.39. The second kappa shape index (κ2) is 6.04. The summed E-state index contributed by atoms with van der Waals surface area (Å²) in [5.41, 5.74) is 6.69. The van der Waals surface area contributed by atoms with Gasteiger partial charge in [0.15, 0.2) is 0 Å². The second-order valence-electron chi connectivity index (χ2n) is 5.88. The molecule has 0 aromatic heterocycles. The molecule has 0 saturated heterocycles. The third kappa shape index (κ3) is 3.16. The molecule has 2 atom stereocenters. The van der Waals surface area contributed by atoms with Gasteiger partial charge < -0.3 is 15.9 Å². The Morgan fingerprint density at radius 3 is 2.58 bits per heavy atom. The zero-order chi connectivity index (χ0) is 13.9. The second-order valence-corrected chi connectivity index (χ2v) is 5.88. The molecule has 1 aliphatic carbocycles. The highest BCUT2D eigenvalue weighted by atomic mass is 16.3. The maximum Gasteiger partial charge on any atom is 0.0896 e. The van der Waals surface area contributed by atoms with Crippen LogP contribution in [0.1, 0.15) is 56.3 Å². The molecule has 19 heavy (non-hydrogen) atoms. The van der Waals surface area contributed by atoms with E-state index < -0.39 is 11.7 Å². The van der Waals surface area contributed by atoms with E-state index in [1.165, 1.54) is 6.42 Å². The number of hydrogen-bond donors (Lipinski definition) is 3. The maximum atomic E-state index is 10.7. The quantitative estimate of drug-likeness (QED) is 0.781. The summed E-state index contributed by atoms with van der Waals surface area (Å²) in [6.07, 6.45) is 4.43. The van der Waals surface area contributed by atoms with Crippen molar-refractivity contribution < 1.29 is 10.2 Å². The molecule has 1 fully saturated rings. The van der Waals surface area contributed by atoms with Gasteiger partial charge in [0.2, 0.25) is 0 Å². The van der Waals surface area contributed by atoms with Gasteiger partial charge in [-0.2, -0.15) is 0 Å². The first-order valence-corrected chi connectivity index (χ1v) is 7.28. The van der Waals surface area contributed by atoms with E-state index in [1.807, 2.05) is 31.2 Å². The van der Waals surface area contributed by atoms with Crippen molar-refractivity contribution >= 4 is 0 Å². The first-order valence-electron chi connectivity index (χ1n) is 7.28.